The summed E-state index contributed by atoms with van der Waals surface area (Å²) < 4.78 is 49.4. The van der Waals surface area contributed by atoms with Crippen LogP contribution in [0.3, 0.4) is 0 Å². The Morgan fingerprint density at radius 2 is 2.00 bits per heavy atom. The summed E-state index contributed by atoms with van der Waals surface area (Å²) in [7, 11) is 1.89. The van der Waals surface area contributed by atoms with Crippen molar-refractivity contribution in [2.45, 2.75) is 56.0 Å². The topological polar surface area (TPSA) is 80.5 Å². The van der Waals surface area contributed by atoms with Crippen molar-refractivity contribution in [2.75, 3.05) is 11.5 Å². The standard InChI is InChI=1S/C26H25F3N4O3/c1-32-15-30-31-23(32)25(13-24(14-25)6-3-7-36-24)17-4-2-5-18(10-17)33-11-20-19(22(33)35)8-16(12-34)9-21(20)26(27,28)29/h2,4-5,8-10,15,34H,3,6-7,11-14H2,1H3. The Morgan fingerprint density at radius 1 is 1.19 bits per heavy atom. The van der Waals surface area contributed by atoms with Gasteiger partial charge in [-0.2, -0.15) is 13.2 Å². The maximum Gasteiger partial charge on any atom is 0.416 e. The second-order valence-electron chi connectivity index (χ2n) is 10.1. The van der Waals surface area contributed by atoms with Gasteiger partial charge in [0.2, 0.25) is 0 Å². The lowest BCUT2D eigenvalue weighted by Gasteiger charge is -2.53. The van der Waals surface area contributed by atoms with Crippen LogP contribution in [-0.2, 0) is 36.5 Å². The van der Waals surface area contributed by atoms with Crippen molar-refractivity contribution in [2.24, 2.45) is 7.05 Å². The van der Waals surface area contributed by atoms with E-state index in [0.29, 0.717) is 5.69 Å². The van der Waals surface area contributed by atoms with Crippen molar-refractivity contribution in [3.63, 3.8) is 0 Å². The Labute approximate surface area is 205 Å². The first kappa shape index (κ1) is 23.2. The number of ether oxygens (including phenoxy) is 1. The van der Waals surface area contributed by atoms with Crippen LogP contribution in [0.1, 0.15) is 64.1 Å². The predicted molar refractivity (Wildman–Crippen MR) is 123 cm³/mol. The van der Waals surface area contributed by atoms with Crippen molar-refractivity contribution in [3.05, 3.63) is 76.4 Å². The minimum Gasteiger partial charge on any atom is -0.392 e. The van der Waals surface area contributed by atoms with Crippen molar-refractivity contribution >= 4 is 11.6 Å². The second kappa shape index (κ2) is 7.88. The average Bonchev–Trinajstić information content (AvgIpc) is 3.56. The molecule has 2 fully saturated rings. The Hall–Kier alpha value is -3.24. The zero-order valence-electron chi connectivity index (χ0n) is 19.7. The van der Waals surface area contributed by atoms with E-state index in [2.05, 4.69) is 10.2 Å². The number of halogens is 3. The SMILES string of the molecule is Cn1cnnc1C1(c2cccc(N3Cc4c(cc(CO)cc4C(F)(F)F)C3=O)c2)CC2(CCCO2)C1. The molecule has 188 valence electrons. The average molecular weight is 499 g/mol. The number of carbonyl (C=O) groups is 1. The molecule has 2 aliphatic heterocycles. The number of nitrogens with zero attached hydrogens (tertiary/aromatic N) is 4. The lowest BCUT2D eigenvalue weighted by Crippen LogP contribution is -2.56. The van der Waals surface area contributed by atoms with Crippen LogP contribution in [0.15, 0.2) is 42.7 Å². The van der Waals surface area contributed by atoms with E-state index in [1.54, 1.807) is 12.4 Å². The normalized spacial score (nSPS) is 25.5. The fraction of sp³-hybridized carbons (Fsp3) is 0.423. The van der Waals surface area contributed by atoms with Crippen LogP contribution >= 0.6 is 0 Å². The fourth-order valence-electron chi connectivity index (χ4n) is 6.28. The molecule has 1 N–H and O–H groups in total. The van der Waals surface area contributed by atoms with Gasteiger partial charge in [0.1, 0.15) is 12.2 Å². The van der Waals surface area contributed by atoms with Crippen LogP contribution < -0.4 is 4.90 Å². The molecule has 0 unspecified atom stereocenters. The van der Waals surface area contributed by atoms with Gasteiger partial charge >= 0.3 is 6.18 Å². The molecule has 1 saturated heterocycles. The van der Waals surface area contributed by atoms with Crippen molar-refractivity contribution < 1.29 is 27.8 Å². The monoisotopic (exact) mass is 498 g/mol. The van der Waals surface area contributed by atoms with Crippen molar-refractivity contribution in [3.8, 4) is 0 Å². The van der Waals surface area contributed by atoms with Gasteiger partial charge in [0.15, 0.2) is 0 Å². The molecule has 1 saturated carbocycles. The smallest absolute Gasteiger partial charge is 0.392 e. The van der Waals surface area contributed by atoms with E-state index in [1.165, 1.54) is 11.0 Å². The largest absolute Gasteiger partial charge is 0.416 e. The van der Waals surface area contributed by atoms with Crippen LogP contribution in [-0.4, -0.2) is 38.0 Å². The van der Waals surface area contributed by atoms with E-state index < -0.39 is 29.7 Å². The van der Waals surface area contributed by atoms with Gasteiger partial charge in [-0.05, 0) is 66.6 Å². The Bertz CT molecular complexity index is 1350. The fourth-order valence-corrected chi connectivity index (χ4v) is 6.28. The first-order valence-electron chi connectivity index (χ1n) is 11.9. The van der Waals surface area contributed by atoms with E-state index in [9.17, 15) is 23.1 Å². The lowest BCUT2D eigenvalue weighted by molar-refractivity contribution is -0.138. The number of carbonyl (C=O) groups excluding carboxylic acids is 1. The first-order valence-corrected chi connectivity index (χ1v) is 11.9. The zero-order chi connectivity index (χ0) is 25.3. The Balaban J connectivity index is 1.40. The summed E-state index contributed by atoms with van der Waals surface area (Å²) in [6, 6.07) is 9.68. The van der Waals surface area contributed by atoms with Gasteiger partial charge in [-0.15, -0.1) is 10.2 Å². The van der Waals surface area contributed by atoms with E-state index in [-0.39, 0.29) is 28.8 Å². The second-order valence-corrected chi connectivity index (χ2v) is 10.1. The molecule has 1 spiro atoms. The zero-order valence-corrected chi connectivity index (χ0v) is 19.7. The molecule has 6 rings (SSSR count). The summed E-state index contributed by atoms with van der Waals surface area (Å²) >= 11 is 0. The van der Waals surface area contributed by atoms with Crippen LogP contribution in [0.5, 0.6) is 0 Å². The van der Waals surface area contributed by atoms with E-state index in [0.717, 1.165) is 49.7 Å². The van der Waals surface area contributed by atoms with Gasteiger partial charge in [0, 0.05) is 24.9 Å². The number of aromatic nitrogens is 3. The Kier molecular flexibility index (Phi) is 5.07. The van der Waals surface area contributed by atoms with Crippen molar-refractivity contribution in [1.29, 1.82) is 0 Å². The minimum absolute atomic E-state index is 0.0238. The molecule has 3 aromatic rings. The number of amides is 1. The number of fused-ring (bicyclic) bond motifs is 1. The van der Waals surface area contributed by atoms with Crippen LogP contribution in [0.2, 0.25) is 0 Å². The highest BCUT2D eigenvalue weighted by Crippen LogP contribution is 2.59. The maximum absolute atomic E-state index is 13.8. The highest BCUT2D eigenvalue weighted by molar-refractivity contribution is 6.10. The number of anilines is 1. The van der Waals surface area contributed by atoms with Gasteiger partial charge in [0.25, 0.3) is 5.91 Å². The third-order valence-corrected chi connectivity index (χ3v) is 7.87. The van der Waals surface area contributed by atoms with Crippen molar-refractivity contribution in [1.82, 2.24) is 14.8 Å². The molecule has 0 radical (unpaired) electrons. The number of aliphatic hydroxyl groups excluding tert-OH is 1. The summed E-state index contributed by atoms with van der Waals surface area (Å²) in [5.74, 6) is 0.281. The van der Waals surface area contributed by atoms with Gasteiger partial charge in [-0.25, -0.2) is 0 Å². The third kappa shape index (κ3) is 3.38. The van der Waals surface area contributed by atoms with E-state index in [4.69, 9.17) is 4.74 Å². The van der Waals surface area contributed by atoms with Crippen LogP contribution in [0.4, 0.5) is 18.9 Å². The molecule has 0 bridgehead atoms. The molecule has 1 aliphatic carbocycles. The van der Waals surface area contributed by atoms with E-state index in [1.807, 2.05) is 29.8 Å². The molecule has 7 nitrogen and oxygen atoms in total. The number of hydrogen-bond acceptors (Lipinski definition) is 5. The highest BCUT2D eigenvalue weighted by atomic mass is 19.4. The first-order chi connectivity index (χ1) is 17.2. The van der Waals surface area contributed by atoms with Gasteiger partial charge in [-0.3, -0.25) is 4.79 Å². The summed E-state index contributed by atoms with van der Waals surface area (Å²) in [5, 5.41) is 18.0. The molecule has 2 aromatic carbocycles. The third-order valence-electron chi connectivity index (χ3n) is 7.87. The lowest BCUT2D eigenvalue weighted by atomic mass is 9.54. The molecular weight excluding hydrogens is 473 g/mol. The number of aliphatic hydroxyl groups is 1. The van der Waals surface area contributed by atoms with Crippen LogP contribution in [0, 0.1) is 0 Å². The highest BCUT2D eigenvalue weighted by Gasteiger charge is 2.60. The van der Waals surface area contributed by atoms with E-state index >= 15 is 0 Å². The number of hydrogen-bond donors (Lipinski definition) is 1. The number of alkyl halides is 3. The molecular formula is C26H25F3N4O3. The molecule has 3 aliphatic rings. The van der Waals surface area contributed by atoms with Gasteiger partial charge in [0.05, 0.1) is 29.7 Å². The summed E-state index contributed by atoms with van der Waals surface area (Å²) in [6.45, 7) is -0.0435. The minimum atomic E-state index is -4.63. The van der Waals surface area contributed by atoms with Gasteiger partial charge < -0.3 is 19.3 Å². The maximum atomic E-state index is 13.8. The molecule has 36 heavy (non-hydrogen) atoms. The molecule has 1 amide bonds. The summed E-state index contributed by atoms with van der Waals surface area (Å²) in [4.78, 5) is 14.7. The molecule has 10 heteroatoms. The molecule has 1 aromatic heterocycles. The summed E-state index contributed by atoms with van der Waals surface area (Å²) in [5.41, 5.74) is -0.153. The number of benzene rings is 2. The number of rotatable bonds is 4. The van der Waals surface area contributed by atoms with Crippen LogP contribution in [0.25, 0.3) is 0 Å². The predicted octanol–water partition coefficient (Wildman–Crippen LogP) is 4.12. The number of aryl methyl sites for hydroxylation is 1. The molecule has 3 heterocycles. The molecule has 0 atom stereocenters. The Morgan fingerprint density at radius 3 is 2.64 bits per heavy atom. The van der Waals surface area contributed by atoms with Gasteiger partial charge in [-0.1, -0.05) is 12.1 Å². The quantitative estimate of drug-likeness (QED) is 0.586. The summed E-state index contributed by atoms with van der Waals surface area (Å²) in [6.07, 6.45) is 0.445.